The summed E-state index contributed by atoms with van der Waals surface area (Å²) in [5.41, 5.74) is 14.3. The quantitative estimate of drug-likeness (QED) is 0.173. The van der Waals surface area contributed by atoms with E-state index in [4.69, 9.17) is 0 Å². The highest BCUT2D eigenvalue weighted by molar-refractivity contribution is 6.09. The zero-order valence-corrected chi connectivity index (χ0v) is 27.7. The molecule has 2 atom stereocenters. The molecule has 2 heterocycles. The van der Waals surface area contributed by atoms with Crippen LogP contribution >= 0.6 is 0 Å². The van der Waals surface area contributed by atoms with Crippen molar-refractivity contribution in [2.24, 2.45) is 0 Å². The van der Waals surface area contributed by atoms with E-state index in [0.29, 0.717) is 0 Å². The van der Waals surface area contributed by atoms with Gasteiger partial charge in [0.2, 0.25) is 0 Å². The third kappa shape index (κ3) is 4.95. The normalized spacial score (nSPS) is 17.4. The van der Waals surface area contributed by atoms with Gasteiger partial charge in [-0.15, -0.1) is 0 Å². The van der Waals surface area contributed by atoms with E-state index in [1.165, 1.54) is 72.0 Å². The maximum absolute atomic E-state index is 2.43. The summed E-state index contributed by atoms with van der Waals surface area (Å²) in [6, 6.07) is 49.0. The van der Waals surface area contributed by atoms with Crippen LogP contribution in [0.4, 0.5) is 0 Å². The molecular weight excluding hydrogens is 593 g/mol. The van der Waals surface area contributed by atoms with E-state index >= 15 is 0 Å². The van der Waals surface area contributed by atoms with Gasteiger partial charge in [0.25, 0.3) is 0 Å². The van der Waals surface area contributed by atoms with E-state index in [-0.39, 0.29) is 11.8 Å². The Bertz CT molecular complexity index is 2430. The predicted octanol–water partition coefficient (Wildman–Crippen LogP) is 11.9. The van der Waals surface area contributed by atoms with Crippen LogP contribution < -0.4 is 0 Å². The number of fused-ring (bicyclic) bond motifs is 4. The van der Waals surface area contributed by atoms with E-state index in [0.717, 1.165) is 13.0 Å². The van der Waals surface area contributed by atoms with Crippen LogP contribution in [0.1, 0.15) is 53.0 Å². The number of nitrogens with zero attached hydrogens (tertiary/aromatic N) is 2. The average molecular weight is 631 g/mol. The summed E-state index contributed by atoms with van der Waals surface area (Å²) < 4.78 is 4.81. The Labute approximate surface area is 288 Å². The third-order valence-electron chi connectivity index (χ3n) is 10.4. The second-order valence-corrected chi connectivity index (χ2v) is 13.1. The maximum atomic E-state index is 2.43. The number of para-hydroxylation sites is 1. The standard InChI is InChI=1S/C47H38N2/c1-2-49-42-27-17-16-26-38(42)39-30-37(28-29-43(39)49)48-31-40-41(32-48)45(34-20-10-5-11-21-34)47(36-24-14-7-15-25-36)46(35-22-12-6-13-23-35)44(40)33-18-8-3-4-9-19-33/h3-8,10-32,44,46H,2,9H2,1H3. The first-order chi connectivity index (χ1) is 24.3. The molecule has 0 fully saturated rings. The molecule has 7 aromatic rings. The fourth-order valence-corrected chi connectivity index (χ4v) is 8.34. The molecule has 49 heavy (non-hydrogen) atoms. The van der Waals surface area contributed by atoms with Crippen LogP contribution in [0.2, 0.25) is 0 Å². The van der Waals surface area contributed by atoms with Crippen LogP contribution in [-0.2, 0) is 6.54 Å². The Morgan fingerprint density at radius 3 is 2.10 bits per heavy atom. The molecule has 0 saturated heterocycles. The van der Waals surface area contributed by atoms with Crippen molar-refractivity contribution in [1.82, 2.24) is 9.13 Å². The summed E-state index contributed by atoms with van der Waals surface area (Å²) >= 11 is 0. The van der Waals surface area contributed by atoms with Crippen molar-refractivity contribution in [3.8, 4) is 5.69 Å². The van der Waals surface area contributed by atoms with Crippen molar-refractivity contribution in [1.29, 1.82) is 0 Å². The summed E-state index contributed by atoms with van der Waals surface area (Å²) in [7, 11) is 0. The van der Waals surface area contributed by atoms with Gasteiger partial charge < -0.3 is 9.13 Å². The van der Waals surface area contributed by atoms with Gasteiger partial charge >= 0.3 is 0 Å². The molecule has 0 amide bonds. The molecule has 236 valence electrons. The van der Waals surface area contributed by atoms with Crippen LogP contribution in [0.15, 0.2) is 182 Å². The number of benzene rings is 5. The number of hydrogen-bond acceptors (Lipinski definition) is 0. The summed E-state index contributed by atoms with van der Waals surface area (Å²) in [4.78, 5) is 0. The fraction of sp³-hybridized carbons (Fsp3) is 0.106. The zero-order valence-electron chi connectivity index (χ0n) is 27.7. The van der Waals surface area contributed by atoms with Gasteiger partial charge in [0.05, 0.1) is 0 Å². The van der Waals surface area contributed by atoms with Gasteiger partial charge in [0.1, 0.15) is 0 Å². The monoisotopic (exact) mass is 630 g/mol. The molecule has 0 saturated carbocycles. The molecule has 2 nitrogen and oxygen atoms in total. The van der Waals surface area contributed by atoms with Crippen molar-refractivity contribution in [2.45, 2.75) is 31.7 Å². The SMILES string of the molecule is CCn1c2ccccc2c2cc(-n3cc4c(c3)C(C3=CCC=CC=C3)C(c3ccccc3)C(c3ccccc3)=C4c3ccccc3)ccc21. The Balaban J connectivity index is 1.36. The van der Waals surface area contributed by atoms with Crippen molar-refractivity contribution >= 4 is 33.0 Å². The van der Waals surface area contributed by atoms with Gasteiger partial charge in [-0.25, -0.2) is 0 Å². The van der Waals surface area contributed by atoms with Gasteiger partial charge in [-0.3, -0.25) is 0 Å². The lowest BCUT2D eigenvalue weighted by molar-refractivity contribution is 0.717. The van der Waals surface area contributed by atoms with E-state index in [1.54, 1.807) is 0 Å². The Morgan fingerprint density at radius 1 is 0.633 bits per heavy atom. The first-order valence-electron chi connectivity index (χ1n) is 17.5. The van der Waals surface area contributed by atoms with Crippen molar-refractivity contribution in [3.05, 3.63) is 210 Å². The van der Waals surface area contributed by atoms with E-state index < -0.39 is 0 Å². The van der Waals surface area contributed by atoms with Gasteiger partial charge in [0, 0.05) is 63.8 Å². The predicted molar refractivity (Wildman–Crippen MR) is 206 cm³/mol. The molecular formula is C47H38N2. The lowest BCUT2D eigenvalue weighted by Gasteiger charge is -2.38. The number of rotatable bonds is 6. The lowest BCUT2D eigenvalue weighted by atomic mass is 9.64. The first-order valence-corrected chi connectivity index (χ1v) is 17.5. The maximum Gasteiger partial charge on any atom is 0.0492 e. The minimum absolute atomic E-state index is 0.112. The molecule has 0 spiro atoms. The van der Waals surface area contributed by atoms with E-state index in [9.17, 15) is 0 Å². The minimum atomic E-state index is 0.112. The van der Waals surface area contributed by atoms with E-state index in [1.807, 2.05) is 0 Å². The summed E-state index contributed by atoms with van der Waals surface area (Å²) in [5, 5.41) is 2.60. The number of hydrogen-bond donors (Lipinski definition) is 0. The van der Waals surface area contributed by atoms with Gasteiger partial charge in [-0.2, -0.15) is 0 Å². The number of allylic oxidation sites excluding steroid dienone is 7. The molecule has 2 heteroatoms. The molecule has 0 radical (unpaired) electrons. The lowest BCUT2D eigenvalue weighted by Crippen LogP contribution is -2.21. The minimum Gasteiger partial charge on any atom is -0.341 e. The van der Waals surface area contributed by atoms with Crippen molar-refractivity contribution in [2.75, 3.05) is 0 Å². The van der Waals surface area contributed by atoms with Crippen molar-refractivity contribution < 1.29 is 0 Å². The first kappa shape index (κ1) is 29.3. The molecule has 2 aliphatic rings. The van der Waals surface area contributed by atoms with E-state index in [2.05, 4.69) is 192 Å². The van der Waals surface area contributed by atoms with Gasteiger partial charge in [0.15, 0.2) is 0 Å². The topological polar surface area (TPSA) is 9.86 Å². The molecule has 0 N–H and O–H groups in total. The van der Waals surface area contributed by atoms with Gasteiger partial charge in [-0.1, -0.05) is 140 Å². The van der Waals surface area contributed by atoms with Gasteiger partial charge in [-0.05, 0) is 76.6 Å². The average Bonchev–Trinajstić information content (AvgIpc) is 3.63. The van der Waals surface area contributed by atoms with Crippen LogP contribution in [0.3, 0.4) is 0 Å². The third-order valence-corrected chi connectivity index (χ3v) is 10.4. The number of aryl methyl sites for hydroxylation is 1. The van der Waals surface area contributed by atoms with Crippen LogP contribution in [-0.4, -0.2) is 9.13 Å². The Morgan fingerprint density at radius 2 is 1.33 bits per heavy atom. The molecule has 2 aliphatic carbocycles. The summed E-state index contributed by atoms with van der Waals surface area (Å²) in [5.74, 6) is 0.240. The zero-order chi connectivity index (χ0) is 32.7. The van der Waals surface area contributed by atoms with Crippen LogP contribution in [0.5, 0.6) is 0 Å². The summed E-state index contributed by atoms with van der Waals surface area (Å²) in [6.45, 7) is 3.17. The van der Waals surface area contributed by atoms with Crippen molar-refractivity contribution in [3.63, 3.8) is 0 Å². The molecule has 2 aromatic heterocycles. The highest BCUT2D eigenvalue weighted by Gasteiger charge is 2.40. The highest BCUT2D eigenvalue weighted by Crippen LogP contribution is 2.56. The highest BCUT2D eigenvalue weighted by atomic mass is 15.0. The second kappa shape index (κ2) is 12.3. The molecule has 2 unspecified atom stereocenters. The second-order valence-electron chi connectivity index (χ2n) is 13.1. The Hall–Kier alpha value is -5.86. The largest absolute Gasteiger partial charge is 0.341 e. The summed E-state index contributed by atoms with van der Waals surface area (Å²) in [6.07, 6.45) is 17.2. The smallest absolute Gasteiger partial charge is 0.0492 e. The molecule has 5 aromatic carbocycles. The van der Waals surface area contributed by atoms with Crippen LogP contribution in [0, 0.1) is 0 Å². The fourth-order valence-electron chi connectivity index (χ4n) is 8.34. The molecule has 0 bridgehead atoms. The number of aromatic nitrogens is 2. The Kier molecular flexibility index (Phi) is 7.35. The molecule has 0 aliphatic heterocycles. The molecule has 9 rings (SSSR count). The van der Waals surface area contributed by atoms with Crippen LogP contribution in [0.25, 0.3) is 38.6 Å².